The molecule has 4 nitrogen and oxygen atoms in total. The van der Waals surface area contributed by atoms with E-state index in [-0.39, 0.29) is 17.9 Å². The highest BCUT2D eigenvalue weighted by Gasteiger charge is 2.44. The van der Waals surface area contributed by atoms with Crippen molar-refractivity contribution in [3.05, 3.63) is 71.4 Å². The Labute approximate surface area is 204 Å². The predicted octanol–water partition coefficient (Wildman–Crippen LogP) is 6.88. The van der Waals surface area contributed by atoms with Crippen molar-refractivity contribution < 1.29 is 9.59 Å². The SMILES string of the molecule is Cc1ccc(C2=C(N(C)c3ccccc3)C(=O)N(C3CCCCCCCCCCC3)C2=O)cc1. The number of hydrogen-bond donors (Lipinski definition) is 0. The van der Waals surface area contributed by atoms with E-state index in [2.05, 4.69) is 0 Å². The molecule has 0 radical (unpaired) electrons. The first-order valence-corrected chi connectivity index (χ1v) is 13.1. The van der Waals surface area contributed by atoms with Crippen LogP contribution >= 0.6 is 0 Å². The summed E-state index contributed by atoms with van der Waals surface area (Å²) in [6, 6.07) is 17.8. The molecule has 2 aliphatic rings. The molecule has 1 heterocycles. The van der Waals surface area contributed by atoms with Gasteiger partial charge in [0.05, 0.1) is 5.57 Å². The summed E-state index contributed by atoms with van der Waals surface area (Å²) in [6.45, 7) is 2.04. The molecule has 1 saturated carbocycles. The molecule has 0 N–H and O–H groups in total. The fourth-order valence-corrected chi connectivity index (χ4v) is 5.34. The summed E-state index contributed by atoms with van der Waals surface area (Å²) in [7, 11) is 1.90. The summed E-state index contributed by atoms with van der Waals surface area (Å²) in [5.74, 6) is -0.284. The molecular formula is C30H38N2O2. The van der Waals surface area contributed by atoms with Gasteiger partial charge in [-0.2, -0.15) is 0 Å². The van der Waals surface area contributed by atoms with E-state index in [0.717, 1.165) is 42.5 Å². The van der Waals surface area contributed by atoms with E-state index in [1.807, 2.05) is 73.5 Å². The number of nitrogens with zero attached hydrogens (tertiary/aromatic N) is 2. The van der Waals surface area contributed by atoms with Gasteiger partial charge in [0, 0.05) is 18.8 Å². The van der Waals surface area contributed by atoms with Crippen LogP contribution in [0.3, 0.4) is 0 Å². The van der Waals surface area contributed by atoms with E-state index in [9.17, 15) is 9.59 Å². The zero-order chi connectivity index (χ0) is 23.9. The highest BCUT2D eigenvalue weighted by molar-refractivity contribution is 6.36. The van der Waals surface area contributed by atoms with Crippen LogP contribution in [0.25, 0.3) is 5.57 Å². The third kappa shape index (κ3) is 5.43. The van der Waals surface area contributed by atoms with Crippen molar-refractivity contribution in [1.29, 1.82) is 0 Å². The first-order valence-electron chi connectivity index (χ1n) is 13.1. The third-order valence-corrected chi connectivity index (χ3v) is 7.35. The first-order chi connectivity index (χ1) is 16.6. The van der Waals surface area contributed by atoms with Gasteiger partial charge < -0.3 is 4.90 Å². The number of rotatable bonds is 4. The maximum atomic E-state index is 14.0. The normalized spacial score (nSPS) is 19.2. The maximum absolute atomic E-state index is 14.0. The fraction of sp³-hybridized carbons (Fsp3) is 0.467. The maximum Gasteiger partial charge on any atom is 0.278 e. The van der Waals surface area contributed by atoms with Crippen LogP contribution in [-0.4, -0.2) is 29.8 Å². The fourth-order valence-electron chi connectivity index (χ4n) is 5.34. The number of carbonyl (C=O) groups is 2. The Morgan fingerprint density at radius 1 is 0.706 bits per heavy atom. The molecule has 0 atom stereocenters. The van der Waals surface area contributed by atoms with Crippen LogP contribution in [-0.2, 0) is 9.59 Å². The van der Waals surface area contributed by atoms with Gasteiger partial charge in [-0.3, -0.25) is 14.5 Å². The molecule has 2 aromatic rings. The average molecular weight is 459 g/mol. The van der Waals surface area contributed by atoms with E-state index in [1.54, 1.807) is 4.90 Å². The van der Waals surface area contributed by atoms with Gasteiger partial charge in [0.1, 0.15) is 5.70 Å². The van der Waals surface area contributed by atoms with Crippen LogP contribution in [0.4, 0.5) is 5.69 Å². The molecular weight excluding hydrogens is 420 g/mol. The van der Waals surface area contributed by atoms with Gasteiger partial charge in [-0.15, -0.1) is 0 Å². The highest BCUT2D eigenvalue weighted by Crippen LogP contribution is 2.36. The number of para-hydroxylation sites is 1. The molecule has 0 bridgehead atoms. The smallest absolute Gasteiger partial charge is 0.278 e. The molecule has 2 amide bonds. The number of amides is 2. The lowest BCUT2D eigenvalue weighted by molar-refractivity contribution is -0.140. The molecule has 1 aliphatic carbocycles. The summed E-state index contributed by atoms with van der Waals surface area (Å²) in [5.41, 5.74) is 3.88. The molecule has 0 aromatic heterocycles. The molecule has 4 heteroatoms. The Morgan fingerprint density at radius 3 is 1.79 bits per heavy atom. The second kappa shape index (κ2) is 11.5. The molecule has 1 aliphatic heterocycles. The second-order valence-electron chi connectivity index (χ2n) is 9.88. The summed E-state index contributed by atoms with van der Waals surface area (Å²) in [6.07, 6.45) is 12.8. The Bertz CT molecular complexity index is 998. The van der Waals surface area contributed by atoms with Crippen LogP contribution in [0.15, 0.2) is 60.3 Å². The van der Waals surface area contributed by atoms with Gasteiger partial charge in [0.15, 0.2) is 0 Å². The van der Waals surface area contributed by atoms with Gasteiger partial charge in [-0.05, 0) is 37.5 Å². The zero-order valence-corrected chi connectivity index (χ0v) is 20.8. The van der Waals surface area contributed by atoms with Crippen molar-refractivity contribution in [1.82, 2.24) is 4.90 Å². The molecule has 0 saturated heterocycles. The van der Waals surface area contributed by atoms with Crippen molar-refractivity contribution >= 4 is 23.1 Å². The largest absolute Gasteiger partial charge is 0.339 e. The minimum absolute atomic E-state index is 0.0263. The minimum atomic E-state index is -0.149. The van der Waals surface area contributed by atoms with Gasteiger partial charge in [0.2, 0.25) is 0 Å². The molecule has 4 rings (SSSR count). The second-order valence-corrected chi connectivity index (χ2v) is 9.88. The van der Waals surface area contributed by atoms with Crippen molar-refractivity contribution in [3.63, 3.8) is 0 Å². The van der Waals surface area contributed by atoms with Crippen LogP contribution in [0, 0.1) is 6.92 Å². The van der Waals surface area contributed by atoms with Crippen molar-refractivity contribution in [2.45, 2.75) is 83.6 Å². The predicted molar refractivity (Wildman–Crippen MR) is 139 cm³/mol. The number of aryl methyl sites for hydroxylation is 1. The number of anilines is 1. The molecule has 180 valence electrons. The number of likely N-dealkylation sites (N-methyl/N-ethyl adjacent to an activating group) is 1. The zero-order valence-electron chi connectivity index (χ0n) is 20.8. The van der Waals surface area contributed by atoms with Gasteiger partial charge in [-0.25, -0.2) is 0 Å². The number of benzene rings is 2. The lowest BCUT2D eigenvalue weighted by atomic mass is 9.96. The number of imide groups is 1. The summed E-state index contributed by atoms with van der Waals surface area (Å²) in [4.78, 5) is 31.4. The monoisotopic (exact) mass is 458 g/mol. The van der Waals surface area contributed by atoms with E-state index in [1.165, 1.54) is 44.9 Å². The Hall–Kier alpha value is -2.88. The summed E-state index contributed by atoms with van der Waals surface area (Å²) < 4.78 is 0. The van der Waals surface area contributed by atoms with Crippen molar-refractivity contribution in [2.24, 2.45) is 0 Å². The van der Waals surface area contributed by atoms with E-state index in [4.69, 9.17) is 0 Å². The van der Waals surface area contributed by atoms with Crippen molar-refractivity contribution in [3.8, 4) is 0 Å². The molecule has 0 spiro atoms. The molecule has 0 unspecified atom stereocenters. The van der Waals surface area contributed by atoms with Crippen LogP contribution in [0.5, 0.6) is 0 Å². The number of carbonyl (C=O) groups excluding carboxylic acids is 2. The van der Waals surface area contributed by atoms with Crippen LogP contribution in [0.2, 0.25) is 0 Å². The van der Waals surface area contributed by atoms with Crippen LogP contribution in [0.1, 0.15) is 81.8 Å². The Morgan fingerprint density at radius 2 is 1.24 bits per heavy atom. The van der Waals surface area contributed by atoms with Crippen LogP contribution < -0.4 is 4.90 Å². The minimum Gasteiger partial charge on any atom is -0.339 e. The molecule has 34 heavy (non-hydrogen) atoms. The summed E-state index contributed by atoms with van der Waals surface area (Å²) >= 11 is 0. The van der Waals surface area contributed by atoms with Crippen molar-refractivity contribution in [2.75, 3.05) is 11.9 Å². The lowest BCUT2D eigenvalue weighted by Crippen LogP contribution is -2.42. The Kier molecular flexibility index (Phi) is 8.21. The topological polar surface area (TPSA) is 40.6 Å². The van der Waals surface area contributed by atoms with Gasteiger partial charge in [-0.1, -0.05) is 106 Å². The highest BCUT2D eigenvalue weighted by atomic mass is 16.2. The average Bonchev–Trinajstić information content (AvgIpc) is 3.10. The van der Waals surface area contributed by atoms with E-state index < -0.39 is 0 Å². The Balaban J connectivity index is 1.68. The standard InChI is InChI=1S/C30H38N2O2/c1-23-19-21-24(22-20-23)27-28(31(2)25-15-13-10-14-16-25)30(34)32(29(27)33)26-17-11-8-6-4-3-5-7-9-12-18-26/h10,13-16,19-22,26H,3-9,11-12,17-18H2,1-2H3. The third-order valence-electron chi connectivity index (χ3n) is 7.35. The first kappa shape index (κ1) is 24.3. The quantitative estimate of drug-likeness (QED) is 0.469. The lowest BCUT2D eigenvalue weighted by Gasteiger charge is -2.28. The number of hydrogen-bond acceptors (Lipinski definition) is 3. The molecule has 2 aromatic carbocycles. The molecule has 1 fully saturated rings. The van der Waals surface area contributed by atoms with E-state index in [0.29, 0.717) is 11.3 Å². The van der Waals surface area contributed by atoms with E-state index >= 15 is 0 Å². The van der Waals surface area contributed by atoms with Gasteiger partial charge >= 0.3 is 0 Å². The van der Waals surface area contributed by atoms with Gasteiger partial charge in [0.25, 0.3) is 11.8 Å². The summed E-state index contributed by atoms with van der Waals surface area (Å²) in [5, 5.41) is 0.